The SMILES string of the molecule is Cc1cc(=O)n2ccc(C#N)c2[nH]1. The molecule has 2 aromatic rings. The van der Waals surface area contributed by atoms with Gasteiger partial charge in [-0.15, -0.1) is 0 Å². The highest BCUT2D eigenvalue weighted by Crippen LogP contribution is 2.06. The molecule has 0 bridgehead atoms. The number of aromatic amines is 1. The Hall–Kier alpha value is -2.02. The molecule has 13 heavy (non-hydrogen) atoms. The third kappa shape index (κ3) is 1.02. The Balaban J connectivity index is 3.00. The maximum atomic E-state index is 11.4. The van der Waals surface area contributed by atoms with Gasteiger partial charge in [0, 0.05) is 18.0 Å². The lowest BCUT2D eigenvalue weighted by molar-refractivity contribution is 1.04. The van der Waals surface area contributed by atoms with Gasteiger partial charge < -0.3 is 4.98 Å². The van der Waals surface area contributed by atoms with Crippen molar-refractivity contribution in [1.82, 2.24) is 9.38 Å². The maximum Gasteiger partial charge on any atom is 0.257 e. The van der Waals surface area contributed by atoms with Gasteiger partial charge in [-0.25, -0.2) is 0 Å². The van der Waals surface area contributed by atoms with Crippen LogP contribution in [0, 0.1) is 18.3 Å². The molecule has 0 saturated heterocycles. The van der Waals surface area contributed by atoms with Crippen LogP contribution in [0.15, 0.2) is 23.1 Å². The molecule has 4 heteroatoms. The van der Waals surface area contributed by atoms with Crippen LogP contribution < -0.4 is 5.56 Å². The summed E-state index contributed by atoms with van der Waals surface area (Å²) < 4.78 is 1.42. The maximum absolute atomic E-state index is 11.4. The van der Waals surface area contributed by atoms with Crippen LogP contribution in [-0.2, 0) is 0 Å². The van der Waals surface area contributed by atoms with Gasteiger partial charge in [0.1, 0.15) is 11.7 Å². The Morgan fingerprint density at radius 3 is 3.08 bits per heavy atom. The van der Waals surface area contributed by atoms with Crippen LogP contribution in [0.25, 0.3) is 5.65 Å². The number of aromatic nitrogens is 2. The normalized spacial score (nSPS) is 10.2. The average Bonchev–Trinajstić information content (AvgIpc) is 2.47. The Bertz CT molecular complexity index is 556. The number of hydrogen-bond acceptors (Lipinski definition) is 2. The molecule has 0 unspecified atom stereocenters. The third-order valence-corrected chi connectivity index (χ3v) is 1.90. The Morgan fingerprint density at radius 1 is 1.62 bits per heavy atom. The van der Waals surface area contributed by atoms with Crippen LogP contribution in [0.4, 0.5) is 0 Å². The highest BCUT2D eigenvalue weighted by atomic mass is 16.1. The summed E-state index contributed by atoms with van der Waals surface area (Å²) in [6.07, 6.45) is 1.59. The highest BCUT2D eigenvalue weighted by molar-refractivity contribution is 5.55. The fourth-order valence-corrected chi connectivity index (χ4v) is 1.31. The lowest BCUT2D eigenvalue weighted by atomic mass is 10.3. The molecule has 1 N–H and O–H groups in total. The topological polar surface area (TPSA) is 61.1 Å². The summed E-state index contributed by atoms with van der Waals surface area (Å²) in [5.74, 6) is 0. The van der Waals surface area contributed by atoms with E-state index in [4.69, 9.17) is 5.26 Å². The van der Waals surface area contributed by atoms with Crippen molar-refractivity contribution in [2.75, 3.05) is 0 Å². The predicted octanol–water partition coefficient (Wildman–Crippen LogP) is 0.808. The second-order valence-corrected chi connectivity index (χ2v) is 2.85. The van der Waals surface area contributed by atoms with E-state index in [1.807, 2.05) is 6.07 Å². The van der Waals surface area contributed by atoms with Crippen LogP contribution in [-0.4, -0.2) is 9.38 Å². The van der Waals surface area contributed by atoms with E-state index >= 15 is 0 Å². The minimum atomic E-state index is -0.118. The van der Waals surface area contributed by atoms with Crippen molar-refractivity contribution in [3.8, 4) is 6.07 Å². The van der Waals surface area contributed by atoms with Crippen molar-refractivity contribution in [2.45, 2.75) is 6.92 Å². The van der Waals surface area contributed by atoms with Gasteiger partial charge in [-0.1, -0.05) is 0 Å². The molecule has 0 fully saturated rings. The van der Waals surface area contributed by atoms with Gasteiger partial charge in [0.05, 0.1) is 5.56 Å². The number of nitrogens with zero attached hydrogens (tertiary/aromatic N) is 2. The van der Waals surface area contributed by atoms with Crippen LogP contribution >= 0.6 is 0 Å². The van der Waals surface area contributed by atoms with E-state index in [9.17, 15) is 4.79 Å². The predicted molar refractivity (Wildman–Crippen MR) is 47.5 cm³/mol. The summed E-state index contributed by atoms with van der Waals surface area (Å²) >= 11 is 0. The van der Waals surface area contributed by atoms with Crippen molar-refractivity contribution in [2.24, 2.45) is 0 Å². The summed E-state index contributed by atoms with van der Waals surface area (Å²) in [5, 5.41) is 8.72. The Morgan fingerprint density at radius 2 is 2.38 bits per heavy atom. The first-order valence-corrected chi connectivity index (χ1v) is 3.83. The molecule has 0 aliphatic heterocycles. The van der Waals surface area contributed by atoms with Gasteiger partial charge in [-0.05, 0) is 13.0 Å². The first-order valence-electron chi connectivity index (χ1n) is 3.83. The summed E-state index contributed by atoms with van der Waals surface area (Å²) in [4.78, 5) is 14.3. The number of hydrogen-bond donors (Lipinski definition) is 1. The molecular formula is C9H7N3O. The van der Waals surface area contributed by atoms with E-state index in [2.05, 4.69) is 4.98 Å². The molecule has 4 nitrogen and oxygen atoms in total. The Labute approximate surface area is 74.1 Å². The van der Waals surface area contributed by atoms with Crippen LogP contribution in [0.5, 0.6) is 0 Å². The smallest absolute Gasteiger partial charge is 0.257 e. The third-order valence-electron chi connectivity index (χ3n) is 1.90. The molecule has 0 aromatic carbocycles. The first-order chi connectivity index (χ1) is 6.22. The van der Waals surface area contributed by atoms with Gasteiger partial charge in [-0.2, -0.15) is 5.26 Å². The monoisotopic (exact) mass is 173 g/mol. The second kappa shape index (κ2) is 2.49. The van der Waals surface area contributed by atoms with Crippen LogP contribution in [0.1, 0.15) is 11.3 Å². The summed E-state index contributed by atoms with van der Waals surface area (Å²) in [6, 6.07) is 5.13. The molecule has 2 heterocycles. The molecule has 0 atom stereocenters. The number of fused-ring (bicyclic) bond motifs is 1. The second-order valence-electron chi connectivity index (χ2n) is 2.85. The standard InChI is InChI=1S/C9H7N3O/c1-6-4-8(13)12-3-2-7(5-10)9(12)11-6/h2-4,11H,1H3. The van der Waals surface area contributed by atoms with Crippen LogP contribution in [0.3, 0.4) is 0 Å². The Kier molecular flexibility index (Phi) is 1.46. The summed E-state index contributed by atoms with van der Waals surface area (Å²) in [7, 11) is 0. The molecule has 64 valence electrons. The average molecular weight is 173 g/mol. The zero-order valence-electron chi connectivity index (χ0n) is 7.03. The first kappa shape index (κ1) is 7.62. The molecule has 0 amide bonds. The highest BCUT2D eigenvalue weighted by Gasteiger charge is 2.03. The van der Waals surface area contributed by atoms with E-state index in [0.717, 1.165) is 5.69 Å². The van der Waals surface area contributed by atoms with Gasteiger partial charge in [0.2, 0.25) is 0 Å². The van der Waals surface area contributed by atoms with Crippen molar-refractivity contribution in [1.29, 1.82) is 5.26 Å². The number of nitriles is 1. The number of rotatable bonds is 0. The molecule has 0 spiro atoms. The molecule has 0 radical (unpaired) electrons. The number of aryl methyl sites for hydroxylation is 1. The van der Waals surface area contributed by atoms with E-state index in [1.54, 1.807) is 19.2 Å². The lowest BCUT2D eigenvalue weighted by Crippen LogP contribution is -2.12. The van der Waals surface area contributed by atoms with Gasteiger partial charge in [0.25, 0.3) is 5.56 Å². The minimum Gasteiger partial charge on any atom is -0.344 e. The zero-order valence-corrected chi connectivity index (χ0v) is 7.03. The van der Waals surface area contributed by atoms with E-state index in [-0.39, 0.29) is 5.56 Å². The van der Waals surface area contributed by atoms with Crippen molar-refractivity contribution >= 4 is 5.65 Å². The fourth-order valence-electron chi connectivity index (χ4n) is 1.31. The molecule has 2 rings (SSSR count). The zero-order chi connectivity index (χ0) is 9.42. The van der Waals surface area contributed by atoms with E-state index in [1.165, 1.54) is 10.5 Å². The lowest BCUT2D eigenvalue weighted by Gasteiger charge is -1.96. The van der Waals surface area contributed by atoms with Crippen molar-refractivity contribution in [3.05, 3.63) is 39.9 Å². The number of H-pyrrole nitrogens is 1. The molecular weight excluding hydrogens is 166 g/mol. The van der Waals surface area contributed by atoms with Crippen molar-refractivity contribution < 1.29 is 0 Å². The largest absolute Gasteiger partial charge is 0.344 e. The quantitative estimate of drug-likeness (QED) is 0.640. The molecule has 2 aromatic heterocycles. The number of nitrogens with one attached hydrogen (secondary N) is 1. The minimum absolute atomic E-state index is 0.118. The summed E-state index contributed by atoms with van der Waals surface area (Å²) in [5.41, 5.74) is 1.69. The molecule has 0 saturated carbocycles. The molecule has 0 aliphatic rings. The van der Waals surface area contributed by atoms with Crippen LogP contribution in [0.2, 0.25) is 0 Å². The van der Waals surface area contributed by atoms with Gasteiger partial charge in [0.15, 0.2) is 0 Å². The fraction of sp³-hybridized carbons (Fsp3) is 0.111. The van der Waals surface area contributed by atoms with Crippen molar-refractivity contribution in [3.63, 3.8) is 0 Å². The molecule has 0 aliphatic carbocycles. The van der Waals surface area contributed by atoms with Gasteiger partial charge in [-0.3, -0.25) is 9.20 Å². The van der Waals surface area contributed by atoms with E-state index < -0.39 is 0 Å². The van der Waals surface area contributed by atoms with Gasteiger partial charge >= 0.3 is 0 Å². The van der Waals surface area contributed by atoms with E-state index in [0.29, 0.717) is 11.2 Å². The summed E-state index contributed by atoms with van der Waals surface area (Å²) in [6.45, 7) is 1.79.